The first-order chi connectivity index (χ1) is 13.1. The van der Waals surface area contributed by atoms with E-state index in [9.17, 15) is 31.1 Å². The van der Waals surface area contributed by atoms with E-state index in [1.807, 2.05) is 0 Å². The second-order valence-corrected chi connectivity index (χ2v) is 6.77. The van der Waals surface area contributed by atoms with Crippen molar-refractivity contribution in [1.29, 1.82) is 0 Å². The van der Waals surface area contributed by atoms with Crippen molar-refractivity contribution in [3.05, 3.63) is 29.8 Å². The van der Waals surface area contributed by atoms with Gasteiger partial charge in [0.05, 0.1) is 12.7 Å². The second kappa shape index (κ2) is 7.52. The summed E-state index contributed by atoms with van der Waals surface area (Å²) in [5.41, 5.74) is -4.00. The van der Waals surface area contributed by atoms with E-state index in [0.717, 1.165) is 0 Å². The van der Waals surface area contributed by atoms with Crippen molar-refractivity contribution >= 4 is 17.1 Å². The molecular formula is C18H18F6O5. The number of carbonyl (C=O) groups is 1. The zero-order valence-electron chi connectivity index (χ0n) is 15.6. The topological polar surface area (TPSA) is 68.9 Å². The van der Waals surface area contributed by atoms with Crippen LogP contribution in [0.15, 0.2) is 28.7 Å². The number of benzene rings is 1. The lowest BCUT2D eigenvalue weighted by Crippen LogP contribution is -2.60. The maximum absolute atomic E-state index is 12.7. The van der Waals surface area contributed by atoms with Crippen molar-refractivity contribution in [3.8, 4) is 5.75 Å². The fourth-order valence-electron chi connectivity index (χ4n) is 2.44. The van der Waals surface area contributed by atoms with Crippen molar-refractivity contribution in [2.45, 2.75) is 50.7 Å². The molecule has 0 amide bonds. The van der Waals surface area contributed by atoms with E-state index >= 15 is 0 Å². The average molecular weight is 428 g/mol. The van der Waals surface area contributed by atoms with Gasteiger partial charge in [-0.1, -0.05) is 13.5 Å². The zero-order valence-corrected chi connectivity index (χ0v) is 15.6. The third-order valence-corrected chi connectivity index (χ3v) is 4.53. The Morgan fingerprint density at radius 3 is 2.10 bits per heavy atom. The fraction of sp³-hybridized carbons (Fsp3) is 0.500. The largest absolute Gasteiger partial charge is 0.453 e. The molecule has 2 heterocycles. The number of ether oxygens (including phenoxy) is 2. The highest BCUT2D eigenvalue weighted by atomic mass is 19.4. The number of halogens is 6. The van der Waals surface area contributed by atoms with Crippen molar-refractivity contribution < 1.29 is 50.1 Å². The first-order valence-electron chi connectivity index (χ1n) is 8.29. The van der Waals surface area contributed by atoms with Crippen LogP contribution in [0, 0.1) is 0 Å². The molecule has 2 atom stereocenters. The first kappa shape index (κ1) is 23.0. The SMILES string of the molecule is C=C(C)C(=O)Oc1cc2oc1cc2C(C)C(C)OCC(O)(C(F)(F)F)C(F)(F)F. The Balaban J connectivity index is 2.12. The number of aliphatic hydroxyl groups is 1. The molecule has 0 aliphatic carbocycles. The second-order valence-electron chi connectivity index (χ2n) is 6.77. The molecule has 0 spiro atoms. The highest BCUT2D eigenvalue weighted by Crippen LogP contribution is 2.44. The lowest BCUT2D eigenvalue weighted by Gasteiger charge is -2.33. The average Bonchev–Trinajstić information content (AvgIpc) is 3.16. The van der Waals surface area contributed by atoms with Crippen molar-refractivity contribution in [1.82, 2.24) is 0 Å². The number of hydrogen-bond donors (Lipinski definition) is 1. The Morgan fingerprint density at radius 2 is 1.69 bits per heavy atom. The quantitative estimate of drug-likeness (QED) is 0.299. The van der Waals surface area contributed by atoms with Gasteiger partial charge >= 0.3 is 18.3 Å². The smallest absolute Gasteiger partial charge is 0.428 e. The lowest BCUT2D eigenvalue weighted by atomic mass is 9.95. The van der Waals surface area contributed by atoms with Crippen LogP contribution in [0.2, 0.25) is 0 Å². The van der Waals surface area contributed by atoms with Gasteiger partial charge in [-0.3, -0.25) is 0 Å². The van der Waals surface area contributed by atoms with Gasteiger partial charge in [-0.25, -0.2) is 4.79 Å². The third kappa shape index (κ3) is 4.35. The number of fused-ring (bicyclic) bond motifs is 2. The molecule has 29 heavy (non-hydrogen) atoms. The maximum atomic E-state index is 12.7. The molecule has 0 radical (unpaired) electrons. The van der Waals surface area contributed by atoms with E-state index in [2.05, 4.69) is 6.58 Å². The van der Waals surface area contributed by atoms with Crippen LogP contribution in [-0.2, 0) is 9.53 Å². The van der Waals surface area contributed by atoms with Crippen molar-refractivity contribution in [2.75, 3.05) is 6.61 Å². The fourth-order valence-corrected chi connectivity index (χ4v) is 2.44. The lowest BCUT2D eigenvalue weighted by molar-refractivity contribution is -0.379. The monoisotopic (exact) mass is 428 g/mol. The van der Waals surface area contributed by atoms with E-state index in [1.54, 1.807) is 0 Å². The standard InChI is InChI=1S/C18H18F6O5/c1-8(2)15(25)29-14-6-12-11(5-13(14)28-12)9(3)10(4)27-7-16(26,17(19,20)21)18(22,23)24/h5-6,9-10,26H,1,7H2,2-4H3. The van der Waals surface area contributed by atoms with Gasteiger partial charge in [0.25, 0.3) is 5.60 Å². The predicted molar refractivity (Wildman–Crippen MR) is 88.7 cm³/mol. The molecule has 0 fully saturated rings. The highest BCUT2D eigenvalue weighted by molar-refractivity contribution is 5.91. The van der Waals surface area contributed by atoms with Crippen LogP contribution in [0.5, 0.6) is 5.75 Å². The molecule has 2 aromatic heterocycles. The van der Waals surface area contributed by atoms with Crippen LogP contribution in [0.4, 0.5) is 26.3 Å². The van der Waals surface area contributed by atoms with Gasteiger partial charge in [-0.15, -0.1) is 0 Å². The number of rotatable bonds is 7. The highest BCUT2D eigenvalue weighted by Gasteiger charge is 2.70. The molecule has 11 heteroatoms. The first-order valence-corrected chi connectivity index (χ1v) is 8.29. The molecule has 162 valence electrons. The molecule has 0 saturated heterocycles. The van der Waals surface area contributed by atoms with E-state index in [-0.39, 0.29) is 22.5 Å². The van der Waals surface area contributed by atoms with Gasteiger partial charge < -0.3 is 19.0 Å². The Bertz CT molecular complexity index is 867. The molecule has 1 N–H and O–H groups in total. The molecule has 5 nitrogen and oxygen atoms in total. The molecule has 0 aliphatic heterocycles. The van der Waals surface area contributed by atoms with Crippen molar-refractivity contribution in [2.24, 2.45) is 0 Å². The maximum Gasteiger partial charge on any atom is 0.428 e. The van der Waals surface area contributed by atoms with Crippen LogP contribution in [0.3, 0.4) is 0 Å². The summed E-state index contributed by atoms with van der Waals surface area (Å²) in [5, 5.41) is 9.16. The molecule has 2 rings (SSSR count). The number of hydrogen-bond acceptors (Lipinski definition) is 5. The summed E-state index contributed by atoms with van der Waals surface area (Å²) in [4.78, 5) is 11.6. The molecule has 2 unspecified atom stereocenters. The van der Waals surface area contributed by atoms with Crippen LogP contribution in [-0.4, -0.2) is 41.7 Å². The number of furan rings is 2. The van der Waals surface area contributed by atoms with Gasteiger partial charge in [-0.05, 0) is 19.9 Å². The van der Waals surface area contributed by atoms with E-state index in [4.69, 9.17) is 19.0 Å². The normalized spacial score (nSPS) is 15.5. The summed E-state index contributed by atoms with van der Waals surface area (Å²) in [7, 11) is 0. The Labute approximate surface area is 161 Å². The van der Waals surface area contributed by atoms with Crippen molar-refractivity contribution in [3.63, 3.8) is 0 Å². The van der Waals surface area contributed by atoms with Gasteiger partial charge in [0.2, 0.25) is 0 Å². The molecule has 0 aromatic carbocycles. The number of esters is 1. The minimum atomic E-state index is -5.96. The molecule has 2 aromatic rings. The summed E-state index contributed by atoms with van der Waals surface area (Å²) in [6.07, 6.45) is -13.1. The van der Waals surface area contributed by atoms with Gasteiger partial charge in [0.1, 0.15) is 5.58 Å². The van der Waals surface area contributed by atoms with E-state index in [0.29, 0.717) is 5.56 Å². The van der Waals surface area contributed by atoms with Crippen LogP contribution < -0.4 is 4.74 Å². The Morgan fingerprint density at radius 1 is 1.14 bits per heavy atom. The van der Waals surface area contributed by atoms with Gasteiger partial charge in [-0.2, -0.15) is 26.3 Å². The van der Waals surface area contributed by atoms with Gasteiger partial charge in [0, 0.05) is 23.1 Å². The Hall–Kier alpha value is -2.27. The van der Waals surface area contributed by atoms with E-state index < -0.39 is 42.6 Å². The van der Waals surface area contributed by atoms with Crippen LogP contribution in [0.25, 0.3) is 11.2 Å². The number of alkyl halides is 6. The van der Waals surface area contributed by atoms with Crippen LogP contribution in [0.1, 0.15) is 32.3 Å². The summed E-state index contributed by atoms with van der Waals surface area (Å²) in [5.74, 6) is -1.26. The minimum Gasteiger partial charge on any atom is -0.453 e. The summed E-state index contributed by atoms with van der Waals surface area (Å²) < 4.78 is 91.6. The summed E-state index contributed by atoms with van der Waals surface area (Å²) in [6.45, 7) is 5.63. The molecule has 2 bridgehead atoms. The Kier molecular flexibility index (Phi) is 5.97. The number of carbonyl (C=O) groups excluding carboxylic acids is 1. The minimum absolute atomic E-state index is 0.112. The third-order valence-electron chi connectivity index (χ3n) is 4.53. The summed E-state index contributed by atoms with van der Waals surface area (Å²) >= 11 is 0. The van der Waals surface area contributed by atoms with E-state index in [1.165, 1.54) is 32.9 Å². The molecule has 0 aliphatic rings. The summed E-state index contributed by atoms with van der Waals surface area (Å²) in [6, 6.07) is 2.82. The predicted octanol–water partition coefficient (Wildman–Crippen LogP) is 4.72. The van der Waals surface area contributed by atoms with Gasteiger partial charge in [0.15, 0.2) is 11.3 Å². The molecular weight excluding hydrogens is 410 g/mol. The van der Waals surface area contributed by atoms with Crippen LogP contribution >= 0.6 is 0 Å². The zero-order chi connectivity index (χ0) is 22.4. The molecule has 0 saturated carbocycles.